The van der Waals surface area contributed by atoms with Crippen LogP contribution in [0.5, 0.6) is 0 Å². The highest BCUT2D eigenvalue weighted by atomic mass is 35.5. The Labute approximate surface area is 105 Å². The molecule has 0 fully saturated rings. The van der Waals surface area contributed by atoms with Crippen molar-refractivity contribution in [1.29, 1.82) is 0 Å². The van der Waals surface area contributed by atoms with Crippen molar-refractivity contribution in [1.82, 2.24) is 9.97 Å². The zero-order valence-electron chi connectivity index (χ0n) is 9.18. The van der Waals surface area contributed by atoms with Crippen LogP contribution in [0.4, 0.5) is 24.7 Å². The summed E-state index contributed by atoms with van der Waals surface area (Å²) in [7, 11) is 0. The first-order valence-corrected chi connectivity index (χ1v) is 5.30. The van der Waals surface area contributed by atoms with E-state index in [0.29, 0.717) is 5.69 Å². The average Bonchev–Trinajstić information content (AvgIpc) is 2.17. The Balaban J connectivity index is 2.44. The molecule has 1 amide bonds. The molecular weight excluding hydrogens is 273 g/mol. The predicted octanol–water partition coefficient (Wildman–Crippen LogP) is 1.76. The summed E-state index contributed by atoms with van der Waals surface area (Å²) in [6.07, 6.45) is -4.43. The lowest BCUT2D eigenvalue weighted by Crippen LogP contribution is -2.44. The van der Waals surface area contributed by atoms with E-state index in [0.717, 1.165) is 4.90 Å². The van der Waals surface area contributed by atoms with Crippen molar-refractivity contribution in [3.8, 4) is 0 Å². The van der Waals surface area contributed by atoms with Crippen LogP contribution in [0.2, 0.25) is 5.28 Å². The molecular formula is C9H8ClF3N4O. The van der Waals surface area contributed by atoms with Gasteiger partial charge in [-0.2, -0.15) is 18.2 Å². The van der Waals surface area contributed by atoms with Gasteiger partial charge in [-0.1, -0.05) is 0 Å². The molecule has 0 unspecified atom stereocenters. The minimum absolute atomic E-state index is 0.00979. The van der Waals surface area contributed by atoms with Gasteiger partial charge in [0.15, 0.2) is 5.82 Å². The first kappa shape index (κ1) is 12.9. The second kappa shape index (κ2) is 4.27. The molecule has 0 radical (unpaired) electrons. The maximum absolute atomic E-state index is 12.4. The topological polar surface area (TPSA) is 58.1 Å². The fourth-order valence-corrected chi connectivity index (χ4v) is 1.88. The van der Waals surface area contributed by atoms with E-state index in [1.165, 1.54) is 6.92 Å². The van der Waals surface area contributed by atoms with Crippen LogP contribution in [-0.4, -0.2) is 35.1 Å². The molecule has 1 aromatic rings. The molecule has 0 bridgehead atoms. The van der Waals surface area contributed by atoms with Crippen LogP contribution in [0.3, 0.4) is 0 Å². The second-order valence-corrected chi connectivity index (χ2v) is 4.13. The van der Waals surface area contributed by atoms with Gasteiger partial charge >= 0.3 is 6.18 Å². The molecule has 2 heterocycles. The fourth-order valence-electron chi connectivity index (χ4n) is 1.67. The van der Waals surface area contributed by atoms with Crippen molar-refractivity contribution in [2.45, 2.75) is 13.1 Å². The van der Waals surface area contributed by atoms with E-state index < -0.39 is 25.2 Å². The number of rotatable bonds is 1. The Morgan fingerprint density at radius 3 is 2.72 bits per heavy atom. The predicted molar refractivity (Wildman–Crippen MR) is 58.7 cm³/mol. The number of aromatic nitrogens is 2. The Morgan fingerprint density at radius 1 is 1.44 bits per heavy atom. The number of fused-ring (bicyclic) bond motifs is 1. The largest absolute Gasteiger partial charge is 0.405 e. The Morgan fingerprint density at radius 2 is 2.11 bits per heavy atom. The van der Waals surface area contributed by atoms with Crippen molar-refractivity contribution in [3.05, 3.63) is 11.0 Å². The summed E-state index contributed by atoms with van der Waals surface area (Å²) < 4.78 is 37.2. The molecule has 1 N–H and O–H groups in total. The van der Waals surface area contributed by atoms with Crippen molar-refractivity contribution in [2.24, 2.45) is 0 Å². The molecule has 5 nitrogen and oxygen atoms in total. The summed E-state index contributed by atoms with van der Waals surface area (Å²) in [5.74, 6) is -0.551. The van der Waals surface area contributed by atoms with E-state index >= 15 is 0 Å². The Bertz CT molecular complexity index is 505. The number of aryl methyl sites for hydroxylation is 1. The smallest absolute Gasteiger partial charge is 0.336 e. The van der Waals surface area contributed by atoms with Crippen LogP contribution in [0.15, 0.2) is 0 Å². The summed E-state index contributed by atoms with van der Waals surface area (Å²) in [6.45, 7) is -0.150. The molecule has 0 spiro atoms. The molecule has 1 aliphatic heterocycles. The highest BCUT2D eigenvalue weighted by Gasteiger charge is 2.36. The molecule has 9 heteroatoms. The maximum atomic E-state index is 12.4. The van der Waals surface area contributed by atoms with E-state index in [-0.39, 0.29) is 16.8 Å². The van der Waals surface area contributed by atoms with Gasteiger partial charge in [-0.15, -0.1) is 0 Å². The number of halogens is 4. The molecule has 1 aliphatic rings. The van der Waals surface area contributed by atoms with Crippen molar-refractivity contribution >= 4 is 29.0 Å². The lowest BCUT2D eigenvalue weighted by molar-refractivity contribution is -0.122. The molecule has 2 rings (SSSR count). The van der Waals surface area contributed by atoms with Gasteiger partial charge in [0, 0.05) is 0 Å². The molecule has 0 aliphatic carbocycles. The lowest BCUT2D eigenvalue weighted by atomic mass is 10.2. The van der Waals surface area contributed by atoms with E-state index in [1.807, 2.05) is 0 Å². The minimum Gasteiger partial charge on any atom is -0.336 e. The van der Waals surface area contributed by atoms with E-state index in [2.05, 4.69) is 15.3 Å². The molecule has 0 atom stereocenters. The third-order valence-corrected chi connectivity index (χ3v) is 2.48. The molecule has 1 aromatic heterocycles. The average molecular weight is 281 g/mol. The normalized spacial score (nSPS) is 15.4. The van der Waals surface area contributed by atoms with E-state index in [1.54, 1.807) is 0 Å². The lowest BCUT2D eigenvalue weighted by Gasteiger charge is -2.30. The van der Waals surface area contributed by atoms with Crippen LogP contribution in [0, 0.1) is 6.92 Å². The number of carbonyl (C=O) groups is 1. The standard InChI is InChI=1S/C9H8ClF3N4O/c1-4-6-7(16-8(10)14-4)17(2-5(18)15-6)3-9(11,12)13/h2-3H2,1H3,(H,15,18). The highest BCUT2D eigenvalue weighted by Crippen LogP contribution is 2.32. The number of hydrogen-bond acceptors (Lipinski definition) is 4. The third-order valence-electron chi connectivity index (χ3n) is 2.31. The minimum atomic E-state index is -4.43. The molecule has 18 heavy (non-hydrogen) atoms. The fraction of sp³-hybridized carbons (Fsp3) is 0.444. The first-order chi connectivity index (χ1) is 8.26. The number of carbonyl (C=O) groups excluding carboxylic acids is 1. The first-order valence-electron chi connectivity index (χ1n) is 4.92. The highest BCUT2D eigenvalue weighted by molar-refractivity contribution is 6.28. The van der Waals surface area contributed by atoms with Gasteiger partial charge in [-0.05, 0) is 18.5 Å². The van der Waals surface area contributed by atoms with Crippen LogP contribution in [0.25, 0.3) is 0 Å². The number of hydrogen-bond donors (Lipinski definition) is 1. The summed E-state index contributed by atoms with van der Waals surface area (Å²) in [6, 6.07) is 0. The van der Waals surface area contributed by atoms with Gasteiger partial charge in [0.25, 0.3) is 0 Å². The van der Waals surface area contributed by atoms with E-state index in [9.17, 15) is 18.0 Å². The molecule has 0 saturated heterocycles. The number of nitrogens with zero attached hydrogens (tertiary/aromatic N) is 3. The number of nitrogens with one attached hydrogen (secondary N) is 1. The summed E-state index contributed by atoms with van der Waals surface area (Å²) in [5.41, 5.74) is 0.491. The third kappa shape index (κ3) is 2.63. The molecule has 98 valence electrons. The van der Waals surface area contributed by atoms with Crippen LogP contribution >= 0.6 is 11.6 Å². The van der Waals surface area contributed by atoms with Crippen molar-refractivity contribution < 1.29 is 18.0 Å². The van der Waals surface area contributed by atoms with Gasteiger partial charge in [-0.3, -0.25) is 4.79 Å². The number of amides is 1. The van der Waals surface area contributed by atoms with E-state index in [4.69, 9.17) is 11.6 Å². The van der Waals surface area contributed by atoms with Gasteiger partial charge in [0.1, 0.15) is 12.2 Å². The number of anilines is 2. The van der Waals surface area contributed by atoms with Crippen molar-refractivity contribution in [3.63, 3.8) is 0 Å². The van der Waals surface area contributed by atoms with Gasteiger partial charge in [-0.25, -0.2) is 4.98 Å². The van der Waals surface area contributed by atoms with Crippen molar-refractivity contribution in [2.75, 3.05) is 23.3 Å². The van der Waals surface area contributed by atoms with Crippen LogP contribution in [-0.2, 0) is 4.79 Å². The Hall–Kier alpha value is -1.57. The second-order valence-electron chi connectivity index (χ2n) is 3.80. The summed E-state index contributed by atoms with van der Waals surface area (Å²) in [5, 5.41) is 2.28. The zero-order chi connectivity index (χ0) is 13.5. The summed E-state index contributed by atoms with van der Waals surface area (Å²) in [4.78, 5) is 19.7. The maximum Gasteiger partial charge on any atom is 0.405 e. The SMILES string of the molecule is Cc1nc(Cl)nc2c1NC(=O)CN2CC(F)(F)F. The van der Waals surface area contributed by atoms with Crippen LogP contribution in [0.1, 0.15) is 5.69 Å². The van der Waals surface area contributed by atoms with Gasteiger partial charge in [0.05, 0.1) is 12.2 Å². The zero-order valence-corrected chi connectivity index (χ0v) is 9.93. The summed E-state index contributed by atoms with van der Waals surface area (Å²) >= 11 is 5.61. The monoisotopic (exact) mass is 280 g/mol. The molecule has 0 aromatic carbocycles. The van der Waals surface area contributed by atoms with Gasteiger partial charge in [0.2, 0.25) is 11.2 Å². The van der Waals surface area contributed by atoms with Crippen LogP contribution < -0.4 is 10.2 Å². The Kier molecular flexibility index (Phi) is 3.05. The number of alkyl halides is 3. The quantitative estimate of drug-likeness (QED) is 0.797. The molecule has 0 saturated carbocycles. The van der Waals surface area contributed by atoms with Gasteiger partial charge < -0.3 is 10.2 Å².